The van der Waals surface area contributed by atoms with Gasteiger partial charge in [-0.3, -0.25) is 9.89 Å². The van der Waals surface area contributed by atoms with Crippen molar-refractivity contribution >= 4 is 25.6 Å². The molecular weight excluding hydrogens is 323 g/mol. The molecule has 0 bridgehead atoms. The molecule has 2 N–H and O–H groups in total. The van der Waals surface area contributed by atoms with Crippen molar-refractivity contribution in [2.45, 2.75) is 30.8 Å². The first-order chi connectivity index (χ1) is 9.02. The third-order valence-electron chi connectivity index (χ3n) is 2.27. The number of hydrogen-bond donors (Lipinski definition) is 2. The van der Waals surface area contributed by atoms with E-state index in [-0.39, 0.29) is 18.7 Å². The highest BCUT2D eigenvalue weighted by molar-refractivity contribution is 8.13. The number of nitrogens with zero attached hydrogens (tertiary/aromatic N) is 1. The Morgan fingerprint density at radius 2 is 2.05 bits per heavy atom. The van der Waals surface area contributed by atoms with Crippen LogP contribution >= 0.6 is 10.7 Å². The molecule has 0 saturated carbocycles. The quantitative estimate of drug-likeness (QED) is 0.634. The van der Waals surface area contributed by atoms with Gasteiger partial charge in [0.25, 0.3) is 15.0 Å². The predicted octanol–water partition coefficient (Wildman–Crippen LogP) is 1.72. The first-order valence-corrected chi connectivity index (χ1v) is 7.68. The van der Waals surface area contributed by atoms with Crippen molar-refractivity contribution in [1.29, 1.82) is 0 Å². The maximum absolute atomic E-state index is 11.9. The minimum absolute atomic E-state index is 0.0699. The van der Waals surface area contributed by atoms with Gasteiger partial charge in [-0.05, 0) is 13.3 Å². The van der Waals surface area contributed by atoms with Crippen LogP contribution in [0.2, 0.25) is 0 Å². The highest BCUT2D eigenvalue weighted by atomic mass is 35.7. The highest BCUT2D eigenvalue weighted by Gasteiger charge is 2.28. The Morgan fingerprint density at radius 1 is 1.45 bits per heavy atom. The molecule has 1 amide bonds. The van der Waals surface area contributed by atoms with Crippen LogP contribution in [0.5, 0.6) is 0 Å². The van der Waals surface area contributed by atoms with Gasteiger partial charge >= 0.3 is 6.18 Å². The Morgan fingerprint density at radius 3 is 2.55 bits per heavy atom. The van der Waals surface area contributed by atoms with Gasteiger partial charge in [0.1, 0.15) is 4.90 Å². The van der Waals surface area contributed by atoms with Gasteiger partial charge in [0, 0.05) is 23.6 Å². The van der Waals surface area contributed by atoms with Crippen LogP contribution in [0.4, 0.5) is 13.2 Å². The van der Waals surface area contributed by atoms with E-state index < -0.39 is 38.1 Å². The van der Waals surface area contributed by atoms with E-state index in [0.717, 1.165) is 0 Å². The third-order valence-corrected chi connectivity index (χ3v) is 3.72. The monoisotopic (exact) mass is 333 g/mol. The number of aryl methyl sites for hydroxylation is 1. The van der Waals surface area contributed by atoms with E-state index in [0.29, 0.717) is 0 Å². The minimum Gasteiger partial charge on any atom is -0.351 e. The summed E-state index contributed by atoms with van der Waals surface area (Å²) in [6, 6.07) is 0. The van der Waals surface area contributed by atoms with Crippen molar-refractivity contribution in [2.24, 2.45) is 0 Å². The Labute approximate surface area is 117 Å². The first-order valence-electron chi connectivity index (χ1n) is 5.37. The van der Waals surface area contributed by atoms with Gasteiger partial charge in [-0.2, -0.15) is 18.3 Å². The fourth-order valence-corrected chi connectivity index (χ4v) is 2.79. The van der Waals surface area contributed by atoms with Crippen molar-refractivity contribution < 1.29 is 26.4 Å². The molecule has 0 unspecified atom stereocenters. The molecule has 0 radical (unpaired) electrons. The van der Waals surface area contributed by atoms with E-state index in [1.165, 1.54) is 6.92 Å². The lowest BCUT2D eigenvalue weighted by atomic mass is 10.3. The van der Waals surface area contributed by atoms with Gasteiger partial charge in [-0.1, -0.05) is 0 Å². The summed E-state index contributed by atoms with van der Waals surface area (Å²) in [5.74, 6) is -0.907. The summed E-state index contributed by atoms with van der Waals surface area (Å²) in [5, 5.41) is 7.92. The summed E-state index contributed by atoms with van der Waals surface area (Å²) in [6.07, 6.45) is -5.67. The second kappa shape index (κ2) is 6.00. The Bertz CT molecular complexity index is 597. The Balaban J connectivity index is 2.71. The van der Waals surface area contributed by atoms with Crippen LogP contribution in [0, 0.1) is 6.92 Å². The molecule has 20 heavy (non-hydrogen) atoms. The number of carbonyl (C=O) groups excluding carboxylic acids is 1. The summed E-state index contributed by atoms with van der Waals surface area (Å²) in [7, 11) is 0.977. The highest BCUT2D eigenvalue weighted by Crippen LogP contribution is 2.22. The van der Waals surface area contributed by atoms with Crippen molar-refractivity contribution in [3.8, 4) is 0 Å². The fourth-order valence-electron chi connectivity index (χ4n) is 1.45. The van der Waals surface area contributed by atoms with Crippen LogP contribution in [0.3, 0.4) is 0 Å². The second-order valence-electron chi connectivity index (χ2n) is 3.94. The van der Waals surface area contributed by atoms with Crippen molar-refractivity contribution in [3.63, 3.8) is 0 Å². The van der Waals surface area contributed by atoms with E-state index in [1.807, 2.05) is 0 Å². The summed E-state index contributed by atoms with van der Waals surface area (Å²) < 4.78 is 58.3. The van der Waals surface area contributed by atoms with Gasteiger partial charge in [0.2, 0.25) is 0 Å². The number of nitrogens with one attached hydrogen (secondary N) is 2. The van der Waals surface area contributed by atoms with Crippen LogP contribution in [-0.4, -0.2) is 37.2 Å². The standard InChI is InChI=1S/C9H11ClF3N3O3S/c1-5-7(20(10,18)19)6(16-15-5)8(17)14-4-2-3-9(11,12)13/h2-4H2,1H3,(H,14,17)(H,15,16). The van der Waals surface area contributed by atoms with Gasteiger partial charge in [0.15, 0.2) is 5.69 Å². The number of H-pyrrole nitrogens is 1. The molecule has 0 aliphatic heterocycles. The molecule has 0 aliphatic rings. The van der Waals surface area contributed by atoms with E-state index in [4.69, 9.17) is 10.7 Å². The number of carbonyl (C=O) groups is 1. The average Bonchev–Trinajstić information content (AvgIpc) is 2.64. The topological polar surface area (TPSA) is 91.9 Å². The third kappa shape index (κ3) is 4.67. The van der Waals surface area contributed by atoms with E-state index in [9.17, 15) is 26.4 Å². The molecule has 0 saturated heterocycles. The summed E-state index contributed by atoms with van der Waals surface area (Å²) in [4.78, 5) is 11.2. The SMILES string of the molecule is Cc1[nH]nc(C(=O)NCCCC(F)(F)F)c1S(=O)(=O)Cl. The zero-order valence-electron chi connectivity index (χ0n) is 10.2. The van der Waals surface area contributed by atoms with Crippen LogP contribution < -0.4 is 5.32 Å². The molecule has 0 atom stereocenters. The summed E-state index contributed by atoms with van der Waals surface area (Å²) in [6.45, 7) is 1.09. The lowest BCUT2D eigenvalue weighted by molar-refractivity contribution is -0.135. The lowest BCUT2D eigenvalue weighted by Gasteiger charge is -2.07. The van der Waals surface area contributed by atoms with E-state index in [1.54, 1.807) is 0 Å². The maximum Gasteiger partial charge on any atom is 0.389 e. The molecule has 0 aliphatic carbocycles. The average molecular weight is 334 g/mol. The summed E-state index contributed by atoms with van der Waals surface area (Å²) in [5.41, 5.74) is -0.398. The van der Waals surface area contributed by atoms with Gasteiger partial charge in [-0.15, -0.1) is 0 Å². The molecule has 114 valence electrons. The van der Waals surface area contributed by atoms with Crippen LogP contribution in [0.25, 0.3) is 0 Å². The van der Waals surface area contributed by atoms with Crippen LogP contribution in [0.1, 0.15) is 29.0 Å². The van der Waals surface area contributed by atoms with Crippen molar-refractivity contribution in [1.82, 2.24) is 15.5 Å². The van der Waals surface area contributed by atoms with Crippen LogP contribution in [0.15, 0.2) is 4.90 Å². The second-order valence-corrected chi connectivity index (χ2v) is 6.44. The van der Waals surface area contributed by atoms with E-state index in [2.05, 4.69) is 15.5 Å². The molecular formula is C9H11ClF3N3O3S. The predicted molar refractivity (Wildman–Crippen MR) is 64.0 cm³/mol. The van der Waals surface area contributed by atoms with Gasteiger partial charge in [-0.25, -0.2) is 8.42 Å². The number of amides is 1. The fraction of sp³-hybridized carbons (Fsp3) is 0.556. The molecule has 1 aromatic heterocycles. The molecule has 0 aromatic carbocycles. The normalized spacial score (nSPS) is 12.4. The smallest absolute Gasteiger partial charge is 0.351 e. The zero-order valence-corrected chi connectivity index (χ0v) is 11.8. The number of alkyl halides is 3. The molecule has 0 spiro atoms. The molecule has 1 heterocycles. The largest absolute Gasteiger partial charge is 0.389 e. The van der Waals surface area contributed by atoms with E-state index >= 15 is 0 Å². The maximum atomic E-state index is 11.9. The number of halogens is 4. The molecule has 1 aromatic rings. The molecule has 6 nitrogen and oxygen atoms in total. The number of rotatable bonds is 5. The van der Waals surface area contributed by atoms with Crippen molar-refractivity contribution in [3.05, 3.63) is 11.4 Å². The molecule has 11 heteroatoms. The van der Waals surface area contributed by atoms with Crippen LogP contribution in [-0.2, 0) is 9.05 Å². The number of aromatic amines is 1. The Hall–Kier alpha value is -1.29. The lowest BCUT2D eigenvalue weighted by Crippen LogP contribution is -2.27. The molecule has 1 rings (SSSR count). The number of hydrogen-bond acceptors (Lipinski definition) is 4. The van der Waals surface area contributed by atoms with Gasteiger partial charge in [0.05, 0.1) is 5.69 Å². The summed E-state index contributed by atoms with van der Waals surface area (Å²) >= 11 is 0. The number of aromatic nitrogens is 2. The zero-order chi connectivity index (χ0) is 15.6. The minimum atomic E-state index is -4.31. The Kier molecular flexibility index (Phi) is 5.03. The first kappa shape index (κ1) is 16.8. The van der Waals surface area contributed by atoms with Gasteiger partial charge < -0.3 is 5.32 Å². The van der Waals surface area contributed by atoms with Crippen molar-refractivity contribution in [2.75, 3.05) is 6.54 Å². The molecule has 0 fully saturated rings.